The van der Waals surface area contributed by atoms with Crippen molar-refractivity contribution in [2.45, 2.75) is 12.7 Å². The van der Waals surface area contributed by atoms with Crippen molar-refractivity contribution in [3.8, 4) is 0 Å². The summed E-state index contributed by atoms with van der Waals surface area (Å²) in [5.74, 6) is 0. The van der Waals surface area contributed by atoms with E-state index < -0.39 is 11.7 Å². The number of rotatable bonds is 3. The fraction of sp³-hybridized carbons (Fsp3) is 0.143. The van der Waals surface area contributed by atoms with Crippen molar-refractivity contribution in [1.82, 2.24) is 0 Å². The molecule has 0 amide bonds. The minimum atomic E-state index is -4.36. The lowest BCUT2D eigenvalue weighted by Crippen LogP contribution is -2.07. The predicted molar refractivity (Wildman–Crippen MR) is 77.9 cm³/mol. The van der Waals surface area contributed by atoms with Gasteiger partial charge in [-0.15, -0.1) is 0 Å². The molecule has 1 N–H and O–H groups in total. The van der Waals surface area contributed by atoms with Gasteiger partial charge in [0.1, 0.15) is 0 Å². The van der Waals surface area contributed by atoms with Gasteiger partial charge in [0.25, 0.3) is 0 Å². The molecule has 0 radical (unpaired) electrons. The molecule has 0 unspecified atom stereocenters. The second kappa shape index (κ2) is 6.06. The largest absolute Gasteiger partial charge is 0.416 e. The van der Waals surface area contributed by atoms with Gasteiger partial charge in [0.05, 0.1) is 5.56 Å². The molecule has 106 valence electrons. The van der Waals surface area contributed by atoms with E-state index in [-0.39, 0.29) is 0 Å². The van der Waals surface area contributed by atoms with E-state index >= 15 is 0 Å². The molecule has 0 aliphatic carbocycles. The van der Waals surface area contributed by atoms with E-state index in [0.717, 1.165) is 17.7 Å². The summed E-state index contributed by atoms with van der Waals surface area (Å²) in [7, 11) is 0. The Morgan fingerprint density at radius 2 is 1.85 bits per heavy atom. The second-order valence-electron chi connectivity index (χ2n) is 4.21. The van der Waals surface area contributed by atoms with Crippen LogP contribution in [0.4, 0.5) is 18.9 Å². The van der Waals surface area contributed by atoms with E-state index in [1.165, 1.54) is 0 Å². The van der Waals surface area contributed by atoms with E-state index in [9.17, 15) is 13.2 Å². The highest BCUT2D eigenvalue weighted by atomic mass is 79.9. The molecule has 0 spiro atoms. The zero-order chi connectivity index (χ0) is 14.8. The van der Waals surface area contributed by atoms with Gasteiger partial charge in [-0.05, 0) is 35.9 Å². The maximum absolute atomic E-state index is 12.7. The Morgan fingerprint density at radius 3 is 2.50 bits per heavy atom. The van der Waals surface area contributed by atoms with Gasteiger partial charge in [0, 0.05) is 21.7 Å². The summed E-state index contributed by atoms with van der Waals surface area (Å²) in [5, 5.41) is 3.54. The average Bonchev–Trinajstić information content (AvgIpc) is 2.35. The summed E-state index contributed by atoms with van der Waals surface area (Å²) in [6.45, 7) is 0.397. The van der Waals surface area contributed by atoms with Crippen molar-refractivity contribution < 1.29 is 13.2 Å². The molecule has 6 heteroatoms. The maximum atomic E-state index is 12.7. The molecule has 1 nitrogen and oxygen atoms in total. The first kappa shape index (κ1) is 15.2. The Kier molecular flexibility index (Phi) is 4.60. The monoisotopic (exact) mass is 363 g/mol. The number of nitrogens with one attached hydrogen (secondary N) is 1. The summed E-state index contributed by atoms with van der Waals surface area (Å²) in [5.41, 5.74) is 0.596. The van der Waals surface area contributed by atoms with Crippen LogP contribution in [0.5, 0.6) is 0 Å². The summed E-state index contributed by atoms with van der Waals surface area (Å²) in [6, 6.07) is 10.9. The zero-order valence-electron chi connectivity index (χ0n) is 10.1. The van der Waals surface area contributed by atoms with Crippen LogP contribution in [0.15, 0.2) is 46.9 Å². The van der Waals surface area contributed by atoms with Gasteiger partial charge in [-0.3, -0.25) is 0 Å². The first-order chi connectivity index (χ1) is 9.34. The first-order valence-corrected chi connectivity index (χ1v) is 6.88. The van der Waals surface area contributed by atoms with Gasteiger partial charge in [-0.2, -0.15) is 13.2 Å². The van der Waals surface area contributed by atoms with Crippen LogP contribution in [0.1, 0.15) is 11.1 Å². The van der Waals surface area contributed by atoms with Crippen molar-refractivity contribution in [2.24, 2.45) is 0 Å². The van der Waals surface area contributed by atoms with Gasteiger partial charge >= 0.3 is 6.18 Å². The molecule has 0 saturated heterocycles. The fourth-order valence-corrected chi connectivity index (χ4v) is 2.41. The van der Waals surface area contributed by atoms with Crippen LogP contribution in [0.3, 0.4) is 0 Å². The highest BCUT2D eigenvalue weighted by molar-refractivity contribution is 9.10. The third-order valence-corrected chi connectivity index (χ3v) is 3.30. The molecule has 20 heavy (non-hydrogen) atoms. The minimum Gasteiger partial charge on any atom is -0.381 e. The lowest BCUT2D eigenvalue weighted by Gasteiger charge is -2.12. The normalized spacial score (nSPS) is 11.4. The molecule has 0 atom stereocenters. The van der Waals surface area contributed by atoms with Crippen molar-refractivity contribution >= 4 is 33.2 Å². The Hall–Kier alpha value is -1.20. The van der Waals surface area contributed by atoms with E-state index in [4.69, 9.17) is 11.6 Å². The molecule has 0 aliphatic rings. The number of benzene rings is 2. The quantitative estimate of drug-likeness (QED) is 0.733. The Bertz CT molecular complexity index is 614. The summed E-state index contributed by atoms with van der Waals surface area (Å²) in [6.07, 6.45) is -4.36. The van der Waals surface area contributed by atoms with Gasteiger partial charge in [0.15, 0.2) is 0 Å². The Morgan fingerprint density at radius 1 is 1.10 bits per heavy atom. The molecule has 2 aromatic carbocycles. The van der Waals surface area contributed by atoms with Gasteiger partial charge in [-0.25, -0.2) is 0 Å². The molecule has 0 bridgehead atoms. The van der Waals surface area contributed by atoms with Crippen LogP contribution >= 0.6 is 27.5 Å². The summed E-state index contributed by atoms with van der Waals surface area (Å²) >= 11 is 8.94. The molecule has 0 aliphatic heterocycles. The van der Waals surface area contributed by atoms with Crippen molar-refractivity contribution in [3.63, 3.8) is 0 Å². The number of anilines is 1. The average molecular weight is 365 g/mol. The molecule has 0 saturated carbocycles. The van der Waals surface area contributed by atoms with E-state index in [0.29, 0.717) is 21.7 Å². The van der Waals surface area contributed by atoms with Gasteiger partial charge < -0.3 is 5.32 Å². The third-order valence-electron chi connectivity index (χ3n) is 2.61. The van der Waals surface area contributed by atoms with Gasteiger partial charge in [0.2, 0.25) is 0 Å². The van der Waals surface area contributed by atoms with Crippen molar-refractivity contribution in [3.05, 3.63) is 63.1 Å². The van der Waals surface area contributed by atoms with Crippen LogP contribution < -0.4 is 5.32 Å². The number of alkyl halides is 3. The number of hydrogen-bond donors (Lipinski definition) is 1. The van der Waals surface area contributed by atoms with Crippen LogP contribution in [0, 0.1) is 0 Å². The molecule has 0 fully saturated rings. The Balaban J connectivity index is 2.16. The third kappa shape index (κ3) is 4.15. The molecule has 2 rings (SSSR count). The van der Waals surface area contributed by atoms with Crippen molar-refractivity contribution in [2.75, 3.05) is 5.32 Å². The van der Waals surface area contributed by atoms with E-state index in [2.05, 4.69) is 21.2 Å². The first-order valence-electron chi connectivity index (χ1n) is 5.71. The van der Waals surface area contributed by atoms with Crippen LogP contribution in [0.25, 0.3) is 0 Å². The molecular weight excluding hydrogens is 355 g/mol. The van der Waals surface area contributed by atoms with Gasteiger partial charge in [-0.1, -0.05) is 39.7 Å². The Labute approximate surface area is 127 Å². The van der Waals surface area contributed by atoms with Crippen LogP contribution in [0.2, 0.25) is 5.02 Å². The van der Waals surface area contributed by atoms with Crippen LogP contribution in [-0.2, 0) is 12.7 Å². The van der Waals surface area contributed by atoms with E-state index in [1.54, 1.807) is 24.3 Å². The highest BCUT2D eigenvalue weighted by Crippen LogP contribution is 2.33. The zero-order valence-corrected chi connectivity index (χ0v) is 12.5. The smallest absolute Gasteiger partial charge is 0.381 e. The topological polar surface area (TPSA) is 12.0 Å². The number of halogens is 5. The maximum Gasteiger partial charge on any atom is 0.416 e. The molecule has 0 aromatic heterocycles. The SMILES string of the molecule is FC(F)(F)c1cc(Br)cc(NCc2cccc(Cl)c2)c1. The molecule has 2 aromatic rings. The highest BCUT2D eigenvalue weighted by Gasteiger charge is 2.31. The van der Waals surface area contributed by atoms with Crippen LogP contribution in [-0.4, -0.2) is 0 Å². The number of hydrogen-bond acceptors (Lipinski definition) is 1. The summed E-state index contributed by atoms with van der Waals surface area (Å²) in [4.78, 5) is 0. The minimum absolute atomic E-state index is 0.376. The standard InChI is InChI=1S/C14H10BrClF3N/c15-11-5-10(14(17,18)19)6-13(7-11)20-8-9-2-1-3-12(16)4-9/h1-7,20H,8H2. The lowest BCUT2D eigenvalue weighted by molar-refractivity contribution is -0.137. The summed E-state index contributed by atoms with van der Waals surface area (Å²) < 4.78 is 38.5. The van der Waals surface area contributed by atoms with Crippen molar-refractivity contribution in [1.29, 1.82) is 0 Å². The van der Waals surface area contributed by atoms with E-state index in [1.807, 2.05) is 6.07 Å². The lowest BCUT2D eigenvalue weighted by atomic mass is 10.2. The predicted octanol–water partition coefficient (Wildman–Crippen LogP) is 5.73. The molecular formula is C14H10BrClF3N. The fourth-order valence-electron chi connectivity index (χ4n) is 1.71. The second-order valence-corrected chi connectivity index (χ2v) is 5.56. The molecule has 0 heterocycles.